The van der Waals surface area contributed by atoms with E-state index in [9.17, 15) is 0 Å². The molecule has 1 aromatic carbocycles. The largest absolute Gasteiger partial charge is 0.378 e. The lowest BCUT2D eigenvalue weighted by Crippen LogP contribution is -2.29. The van der Waals surface area contributed by atoms with Crippen LogP contribution < -0.4 is 5.32 Å². The van der Waals surface area contributed by atoms with E-state index in [-0.39, 0.29) is 0 Å². The lowest BCUT2D eigenvalue weighted by atomic mass is 9.83. The minimum Gasteiger partial charge on any atom is -0.378 e. The highest BCUT2D eigenvalue weighted by atomic mass is 16.5. The molecule has 2 aliphatic rings. The Balaban J connectivity index is 1.43. The Morgan fingerprint density at radius 1 is 1.10 bits per heavy atom. The average molecular weight is 273 g/mol. The lowest BCUT2D eigenvalue weighted by molar-refractivity contribution is 0.0115. The molecule has 1 fully saturated rings. The molecule has 2 nitrogen and oxygen atoms in total. The maximum absolute atomic E-state index is 5.79. The Labute approximate surface area is 122 Å². The van der Waals surface area contributed by atoms with Gasteiger partial charge in [-0.15, -0.1) is 0 Å². The molecular weight excluding hydrogens is 246 g/mol. The van der Waals surface area contributed by atoms with E-state index in [1.165, 1.54) is 44.9 Å². The summed E-state index contributed by atoms with van der Waals surface area (Å²) in [4.78, 5) is 0. The molecule has 20 heavy (non-hydrogen) atoms. The molecule has 0 saturated carbocycles. The van der Waals surface area contributed by atoms with Crippen molar-refractivity contribution in [1.29, 1.82) is 0 Å². The molecule has 0 amide bonds. The molecule has 3 rings (SSSR count). The molecule has 0 aromatic heterocycles. The summed E-state index contributed by atoms with van der Waals surface area (Å²) in [6, 6.07) is 8.99. The standard InChI is InChI=1S/C18H27NO/c1-2-10-18-15(6-1)7-5-8-16(18)14-19-12-11-17-9-3-4-13-20-17/h1-2,6,10,16-17,19H,3-5,7-9,11-14H2. The quantitative estimate of drug-likeness (QED) is 0.827. The van der Waals surface area contributed by atoms with E-state index in [0.717, 1.165) is 19.7 Å². The first-order chi connectivity index (χ1) is 9.93. The molecule has 1 N–H and O–H groups in total. The topological polar surface area (TPSA) is 21.3 Å². The predicted octanol–water partition coefficient (Wildman–Crippen LogP) is 3.66. The average Bonchev–Trinajstić information content (AvgIpc) is 2.53. The van der Waals surface area contributed by atoms with Crippen LogP contribution in [-0.4, -0.2) is 25.8 Å². The van der Waals surface area contributed by atoms with Crippen LogP contribution in [0.15, 0.2) is 24.3 Å². The maximum atomic E-state index is 5.79. The van der Waals surface area contributed by atoms with Gasteiger partial charge in [0.1, 0.15) is 0 Å². The number of fused-ring (bicyclic) bond motifs is 1. The van der Waals surface area contributed by atoms with Crippen LogP contribution in [0.25, 0.3) is 0 Å². The molecule has 2 heteroatoms. The SMILES string of the molecule is c1ccc2c(c1)CCCC2CNCCC1CCCCO1. The number of nitrogens with one attached hydrogen (secondary N) is 1. The van der Waals surface area contributed by atoms with E-state index in [1.807, 2.05) is 0 Å². The third kappa shape index (κ3) is 3.62. The van der Waals surface area contributed by atoms with Crippen molar-refractivity contribution in [1.82, 2.24) is 5.32 Å². The molecule has 1 aliphatic heterocycles. The highest BCUT2D eigenvalue weighted by molar-refractivity contribution is 5.32. The van der Waals surface area contributed by atoms with Crippen molar-refractivity contribution in [3.8, 4) is 0 Å². The van der Waals surface area contributed by atoms with E-state index < -0.39 is 0 Å². The van der Waals surface area contributed by atoms with Gasteiger partial charge in [-0.2, -0.15) is 0 Å². The number of ether oxygens (including phenoxy) is 1. The first kappa shape index (κ1) is 14.1. The van der Waals surface area contributed by atoms with Crippen molar-refractivity contribution in [3.05, 3.63) is 35.4 Å². The smallest absolute Gasteiger partial charge is 0.0587 e. The van der Waals surface area contributed by atoms with Crippen molar-refractivity contribution in [2.24, 2.45) is 0 Å². The Bertz CT molecular complexity index is 412. The first-order valence-electron chi connectivity index (χ1n) is 8.33. The molecule has 1 aromatic rings. The second-order valence-electron chi connectivity index (χ2n) is 6.27. The minimum absolute atomic E-state index is 0.509. The Morgan fingerprint density at radius 2 is 2.05 bits per heavy atom. The van der Waals surface area contributed by atoms with Gasteiger partial charge in [0.05, 0.1) is 6.10 Å². The third-order valence-corrected chi connectivity index (χ3v) is 4.80. The van der Waals surface area contributed by atoms with Crippen LogP contribution in [0.4, 0.5) is 0 Å². The third-order valence-electron chi connectivity index (χ3n) is 4.80. The lowest BCUT2D eigenvalue weighted by Gasteiger charge is -2.26. The Kier molecular flexibility index (Phi) is 5.10. The summed E-state index contributed by atoms with van der Waals surface area (Å²) < 4.78 is 5.79. The van der Waals surface area contributed by atoms with Gasteiger partial charge in [0.2, 0.25) is 0 Å². The zero-order chi connectivity index (χ0) is 13.6. The van der Waals surface area contributed by atoms with Crippen molar-refractivity contribution in [2.45, 2.75) is 57.0 Å². The monoisotopic (exact) mass is 273 g/mol. The van der Waals surface area contributed by atoms with Crippen molar-refractivity contribution < 1.29 is 4.74 Å². The van der Waals surface area contributed by atoms with Crippen molar-refractivity contribution in [3.63, 3.8) is 0 Å². The zero-order valence-corrected chi connectivity index (χ0v) is 12.4. The number of hydrogen-bond donors (Lipinski definition) is 1. The second-order valence-corrected chi connectivity index (χ2v) is 6.27. The van der Waals surface area contributed by atoms with E-state index in [4.69, 9.17) is 4.74 Å². The second kappa shape index (κ2) is 7.24. The predicted molar refractivity (Wildman–Crippen MR) is 83.2 cm³/mol. The van der Waals surface area contributed by atoms with Gasteiger partial charge in [-0.1, -0.05) is 24.3 Å². The number of hydrogen-bond acceptors (Lipinski definition) is 2. The molecule has 1 heterocycles. The fraction of sp³-hybridized carbons (Fsp3) is 0.667. The fourth-order valence-electron chi connectivity index (χ4n) is 3.64. The van der Waals surface area contributed by atoms with Gasteiger partial charge in [0, 0.05) is 13.2 Å². The maximum Gasteiger partial charge on any atom is 0.0587 e. The Hall–Kier alpha value is -0.860. The van der Waals surface area contributed by atoms with Crippen molar-refractivity contribution >= 4 is 0 Å². The molecule has 0 radical (unpaired) electrons. The summed E-state index contributed by atoms with van der Waals surface area (Å²) in [5.74, 6) is 0.715. The summed E-state index contributed by atoms with van der Waals surface area (Å²) >= 11 is 0. The molecule has 1 saturated heterocycles. The van der Waals surface area contributed by atoms with Crippen LogP contribution in [0.3, 0.4) is 0 Å². The highest BCUT2D eigenvalue weighted by Crippen LogP contribution is 2.30. The molecule has 2 unspecified atom stereocenters. The molecule has 2 atom stereocenters. The van der Waals surface area contributed by atoms with Crippen LogP contribution >= 0.6 is 0 Å². The summed E-state index contributed by atoms with van der Waals surface area (Å²) in [7, 11) is 0. The molecule has 0 bridgehead atoms. The minimum atomic E-state index is 0.509. The van der Waals surface area contributed by atoms with Gasteiger partial charge in [0.25, 0.3) is 0 Å². The molecular formula is C18H27NO. The number of aryl methyl sites for hydroxylation is 1. The number of rotatable bonds is 5. The van der Waals surface area contributed by atoms with Gasteiger partial charge < -0.3 is 10.1 Å². The van der Waals surface area contributed by atoms with Crippen molar-refractivity contribution in [2.75, 3.05) is 19.7 Å². The van der Waals surface area contributed by atoms with Gasteiger partial charge in [-0.05, 0) is 68.5 Å². The van der Waals surface area contributed by atoms with E-state index in [0.29, 0.717) is 12.0 Å². The van der Waals surface area contributed by atoms with Gasteiger partial charge >= 0.3 is 0 Å². The Morgan fingerprint density at radius 3 is 2.95 bits per heavy atom. The van der Waals surface area contributed by atoms with E-state index in [1.54, 1.807) is 11.1 Å². The van der Waals surface area contributed by atoms with Crippen LogP contribution in [0.1, 0.15) is 55.6 Å². The fourth-order valence-corrected chi connectivity index (χ4v) is 3.64. The molecule has 110 valence electrons. The summed E-state index contributed by atoms with van der Waals surface area (Å²) in [6.07, 6.45) is 9.49. The molecule has 0 spiro atoms. The van der Waals surface area contributed by atoms with E-state index in [2.05, 4.69) is 29.6 Å². The summed E-state index contributed by atoms with van der Waals surface area (Å²) in [6.45, 7) is 3.20. The summed E-state index contributed by atoms with van der Waals surface area (Å²) in [5.41, 5.74) is 3.15. The first-order valence-corrected chi connectivity index (χ1v) is 8.33. The van der Waals surface area contributed by atoms with Crippen LogP contribution in [-0.2, 0) is 11.2 Å². The molecule has 1 aliphatic carbocycles. The normalized spacial score (nSPS) is 26.2. The van der Waals surface area contributed by atoms with Crippen LogP contribution in [0.2, 0.25) is 0 Å². The highest BCUT2D eigenvalue weighted by Gasteiger charge is 2.19. The van der Waals surface area contributed by atoms with Gasteiger partial charge in [0.15, 0.2) is 0 Å². The van der Waals surface area contributed by atoms with E-state index >= 15 is 0 Å². The van der Waals surface area contributed by atoms with Crippen LogP contribution in [0.5, 0.6) is 0 Å². The van der Waals surface area contributed by atoms with Gasteiger partial charge in [-0.25, -0.2) is 0 Å². The summed E-state index contributed by atoms with van der Waals surface area (Å²) in [5, 5.41) is 3.66. The van der Waals surface area contributed by atoms with Crippen LogP contribution in [0, 0.1) is 0 Å². The number of benzene rings is 1. The van der Waals surface area contributed by atoms with Gasteiger partial charge in [-0.3, -0.25) is 0 Å². The zero-order valence-electron chi connectivity index (χ0n) is 12.4.